The summed E-state index contributed by atoms with van der Waals surface area (Å²) in [5.41, 5.74) is 8.23. The van der Waals surface area contributed by atoms with Crippen LogP contribution in [-0.4, -0.2) is 11.8 Å². The highest BCUT2D eigenvalue weighted by Gasteiger charge is 2.07. The first-order valence-electron chi connectivity index (χ1n) is 6.97. The third-order valence-electron chi connectivity index (χ3n) is 3.19. The van der Waals surface area contributed by atoms with Gasteiger partial charge >= 0.3 is 0 Å². The molecule has 0 spiro atoms. The van der Waals surface area contributed by atoms with Crippen molar-refractivity contribution in [1.29, 1.82) is 0 Å². The van der Waals surface area contributed by atoms with E-state index in [1.165, 1.54) is 6.08 Å². The first-order chi connectivity index (χ1) is 10.6. The maximum absolute atomic E-state index is 11.9. The molecule has 4 nitrogen and oxygen atoms in total. The molecule has 2 amide bonds. The Balaban J connectivity index is 1.89. The van der Waals surface area contributed by atoms with Crippen LogP contribution in [0.15, 0.2) is 54.6 Å². The molecule has 0 saturated heterocycles. The molecule has 0 aliphatic rings. The van der Waals surface area contributed by atoms with Crippen LogP contribution in [0, 0.1) is 13.8 Å². The van der Waals surface area contributed by atoms with Crippen LogP contribution in [0.3, 0.4) is 0 Å². The SMILES string of the molecule is Cc1ccc(/C=C/C(=O)NNC(=O)c2ccccc2C)cc1. The summed E-state index contributed by atoms with van der Waals surface area (Å²) in [5.74, 6) is -0.724. The Labute approximate surface area is 129 Å². The van der Waals surface area contributed by atoms with Gasteiger partial charge in [-0.05, 0) is 37.1 Å². The van der Waals surface area contributed by atoms with Gasteiger partial charge in [0.15, 0.2) is 0 Å². The number of carbonyl (C=O) groups excluding carboxylic acids is 2. The monoisotopic (exact) mass is 294 g/mol. The highest BCUT2D eigenvalue weighted by Crippen LogP contribution is 2.06. The van der Waals surface area contributed by atoms with E-state index >= 15 is 0 Å². The van der Waals surface area contributed by atoms with Gasteiger partial charge in [0.05, 0.1) is 0 Å². The van der Waals surface area contributed by atoms with Crippen molar-refractivity contribution in [2.24, 2.45) is 0 Å². The van der Waals surface area contributed by atoms with Crippen LogP contribution < -0.4 is 10.9 Å². The lowest BCUT2D eigenvalue weighted by Gasteiger charge is -2.07. The first-order valence-corrected chi connectivity index (χ1v) is 6.97. The number of benzene rings is 2. The predicted molar refractivity (Wildman–Crippen MR) is 87.0 cm³/mol. The quantitative estimate of drug-likeness (QED) is 0.675. The maximum Gasteiger partial charge on any atom is 0.269 e. The van der Waals surface area contributed by atoms with Crippen molar-refractivity contribution in [3.05, 3.63) is 76.9 Å². The van der Waals surface area contributed by atoms with Gasteiger partial charge in [0.2, 0.25) is 0 Å². The molecule has 22 heavy (non-hydrogen) atoms. The molecule has 0 atom stereocenters. The van der Waals surface area contributed by atoms with Crippen LogP contribution >= 0.6 is 0 Å². The molecule has 2 rings (SSSR count). The number of nitrogens with one attached hydrogen (secondary N) is 2. The standard InChI is InChI=1S/C18H18N2O2/c1-13-7-9-15(10-8-13)11-12-17(21)19-20-18(22)16-6-4-3-5-14(16)2/h3-12H,1-2H3,(H,19,21)(H,20,22)/b12-11+. The van der Waals surface area contributed by atoms with Gasteiger partial charge in [-0.25, -0.2) is 0 Å². The maximum atomic E-state index is 11.9. The van der Waals surface area contributed by atoms with E-state index in [2.05, 4.69) is 10.9 Å². The van der Waals surface area contributed by atoms with E-state index in [4.69, 9.17) is 0 Å². The molecule has 0 fully saturated rings. The molecular formula is C18H18N2O2. The number of hydrazine groups is 1. The highest BCUT2D eigenvalue weighted by atomic mass is 16.2. The van der Waals surface area contributed by atoms with Crippen LogP contribution in [0.25, 0.3) is 6.08 Å². The highest BCUT2D eigenvalue weighted by molar-refractivity contribution is 5.98. The second-order valence-electron chi connectivity index (χ2n) is 5.00. The van der Waals surface area contributed by atoms with E-state index in [0.717, 1.165) is 16.7 Å². The van der Waals surface area contributed by atoms with Crippen LogP contribution in [0.1, 0.15) is 27.0 Å². The molecule has 0 radical (unpaired) electrons. The lowest BCUT2D eigenvalue weighted by Crippen LogP contribution is -2.41. The fraction of sp³-hybridized carbons (Fsp3) is 0.111. The molecule has 2 aromatic carbocycles. The average Bonchev–Trinajstić information content (AvgIpc) is 2.52. The summed E-state index contributed by atoms with van der Waals surface area (Å²) in [4.78, 5) is 23.6. The Morgan fingerprint density at radius 3 is 2.27 bits per heavy atom. The number of hydrogen-bond donors (Lipinski definition) is 2. The molecule has 0 saturated carbocycles. The largest absolute Gasteiger partial charge is 0.269 e. The summed E-state index contributed by atoms with van der Waals surface area (Å²) < 4.78 is 0. The van der Waals surface area contributed by atoms with Crippen LogP contribution in [0.4, 0.5) is 0 Å². The van der Waals surface area contributed by atoms with Crippen molar-refractivity contribution in [2.75, 3.05) is 0 Å². The Bertz CT molecular complexity index is 703. The second-order valence-corrected chi connectivity index (χ2v) is 5.00. The lowest BCUT2D eigenvalue weighted by atomic mass is 10.1. The van der Waals surface area contributed by atoms with Gasteiger partial charge in [-0.2, -0.15) is 0 Å². The third-order valence-corrected chi connectivity index (χ3v) is 3.19. The van der Waals surface area contributed by atoms with Gasteiger partial charge in [0.1, 0.15) is 0 Å². The molecule has 0 heterocycles. The lowest BCUT2D eigenvalue weighted by molar-refractivity contribution is -0.117. The van der Waals surface area contributed by atoms with Crippen molar-refractivity contribution >= 4 is 17.9 Å². The molecule has 0 aromatic heterocycles. The van der Waals surface area contributed by atoms with Crippen LogP contribution in [0.2, 0.25) is 0 Å². The molecule has 2 aromatic rings. The molecule has 4 heteroatoms. The number of carbonyl (C=O) groups is 2. The fourth-order valence-corrected chi connectivity index (χ4v) is 1.90. The van der Waals surface area contributed by atoms with E-state index in [1.54, 1.807) is 18.2 Å². The molecule has 0 unspecified atom stereocenters. The summed E-state index contributed by atoms with van der Waals surface area (Å²) >= 11 is 0. The molecule has 2 N–H and O–H groups in total. The summed E-state index contributed by atoms with van der Waals surface area (Å²) in [7, 11) is 0. The van der Waals surface area contributed by atoms with Crippen molar-refractivity contribution < 1.29 is 9.59 Å². The number of hydrogen-bond acceptors (Lipinski definition) is 2. The van der Waals surface area contributed by atoms with E-state index in [-0.39, 0.29) is 11.8 Å². The van der Waals surface area contributed by atoms with E-state index < -0.39 is 0 Å². The topological polar surface area (TPSA) is 58.2 Å². The first kappa shape index (κ1) is 15.5. The molecule has 0 aliphatic heterocycles. The van der Waals surface area contributed by atoms with Gasteiger partial charge in [0.25, 0.3) is 11.8 Å². The van der Waals surface area contributed by atoms with Crippen LogP contribution in [0.5, 0.6) is 0 Å². The molecule has 112 valence electrons. The van der Waals surface area contributed by atoms with E-state index in [0.29, 0.717) is 5.56 Å². The predicted octanol–water partition coefficient (Wildman–Crippen LogP) is 2.78. The summed E-state index contributed by atoms with van der Waals surface area (Å²) in [6, 6.07) is 15.0. The summed E-state index contributed by atoms with van der Waals surface area (Å²) in [6.45, 7) is 3.84. The minimum atomic E-state index is -0.387. The normalized spacial score (nSPS) is 10.5. The zero-order valence-electron chi connectivity index (χ0n) is 12.6. The van der Waals surface area contributed by atoms with Crippen molar-refractivity contribution in [2.45, 2.75) is 13.8 Å². The smallest absolute Gasteiger partial charge is 0.268 e. The van der Waals surface area contributed by atoms with Gasteiger partial charge in [-0.15, -0.1) is 0 Å². The molecule has 0 aliphatic carbocycles. The Hall–Kier alpha value is -2.88. The van der Waals surface area contributed by atoms with Crippen molar-refractivity contribution in [1.82, 2.24) is 10.9 Å². The van der Waals surface area contributed by atoms with Gasteiger partial charge in [-0.3, -0.25) is 20.4 Å². The van der Waals surface area contributed by atoms with E-state index in [9.17, 15) is 9.59 Å². The minimum absolute atomic E-state index is 0.338. The number of rotatable bonds is 3. The summed E-state index contributed by atoms with van der Waals surface area (Å²) in [6.07, 6.45) is 3.07. The van der Waals surface area contributed by atoms with Gasteiger partial charge in [0, 0.05) is 11.6 Å². The Morgan fingerprint density at radius 2 is 1.59 bits per heavy atom. The van der Waals surface area contributed by atoms with Gasteiger partial charge < -0.3 is 0 Å². The zero-order valence-corrected chi connectivity index (χ0v) is 12.6. The second kappa shape index (κ2) is 7.22. The Morgan fingerprint density at radius 1 is 0.909 bits per heavy atom. The van der Waals surface area contributed by atoms with Crippen molar-refractivity contribution in [3.63, 3.8) is 0 Å². The van der Waals surface area contributed by atoms with Gasteiger partial charge in [-0.1, -0.05) is 48.0 Å². The summed E-state index contributed by atoms with van der Waals surface area (Å²) in [5, 5.41) is 0. The minimum Gasteiger partial charge on any atom is -0.268 e. The Kier molecular flexibility index (Phi) is 5.09. The molecule has 0 bridgehead atoms. The number of aryl methyl sites for hydroxylation is 2. The number of amides is 2. The average molecular weight is 294 g/mol. The molecular weight excluding hydrogens is 276 g/mol. The fourth-order valence-electron chi connectivity index (χ4n) is 1.90. The van der Waals surface area contributed by atoms with Crippen molar-refractivity contribution in [3.8, 4) is 0 Å². The third kappa shape index (κ3) is 4.31. The van der Waals surface area contributed by atoms with Crippen LogP contribution in [-0.2, 0) is 4.79 Å². The van der Waals surface area contributed by atoms with E-state index in [1.807, 2.05) is 50.2 Å². The zero-order chi connectivity index (χ0) is 15.9.